The fraction of sp³-hybridized carbons (Fsp3) is 0.0714. The van der Waals surface area contributed by atoms with E-state index in [0.717, 1.165) is 0 Å². The highest BCUT2D eigenvalue weighted by molar-refractivity contribution is 6.39. The zero-order chi connectivity index (χ0) is 14.0. The Morgan fingerprint density at radius 3 is 2.42 bits per heavy atom. The Hall–Kier alpha value is -1.71. The number of rotatable bonds is 3. The predicted molar refractivity (Wildman–Crippen MR) is 74.6 cm³/mol. The average Bonchev–Trinajstić information content (AvgIpc) is 2.43. The van der Waals surface area contributed by atoms with Crippen LogP contribution in [0.2, 0.25) is 10.0 Å². The molecule has 2 rings (SSSR count). The summed E-state index contributed by atoms with van der Waals surface area (Å²) in [4.78, 5) is 12.3. The van der Waals surface area contributed by atoms with Crippen LogP contribution in [0.1, 0.15) is 15.9 Å². The van der Waals surface area contributed by atoms with E-state index in [2.05, 4.69) is 0 Å². The summed E-state index contributed by atoms with van der Waals surface area (Å²) in [6, 6.07) is 9.91. The van der Waals surface area contributed by atoms with E-state index in [-0.39, 0.29) is 27.1 Å². The van der Waals surface area contributed by atoms with Gasteiger partial charge in [0.05, 0.1) is 17.7 Å². The Morgan fingerprint density at radius 2 is 1.84 bits per heavy atom. The van der Waals surface area contributed by atoms with Gasteiger partial charge in [0.15, 0.2) is 11.5 Å². The standard InChI is InChI=1S/C14H10Cl2O3/c1-19-10-7-9(15)11(14(18)12(10)16)13(17)8-5-3-2-4-6-8/h2-7,18H,1H3. The van der Waals surface area contributed by atoms with E-state index in [0.29, 0.717) is 5.56 Å². The summed E-state index contributed by atoms with van der Waals surface area (Å²) >= 11 is 11.9. The molecule has 5 heteroatoms. The van der Waals surface area contributed by atoms with Gasteiger partial charge >= 0.3 is 0 Å². The summed E-state index contributed by atoms with van der Waals surface area (Å²) in [6.07, 6.45) is 0. The van der Waals surface area contributed by atoms with Gasteiger partial charge in [-0.25, -0.2) is 0 Å². The van der Waals surface area contributed by atoms with E-state index in [1.807, 2.05) is 0 Å². The number of benzene rings is 2. The minimum Gasteiger partial charge on any atom is -0.505 e. The zero-order valence-corrected chi connectivity index (χ0v) is 11.5. The molecule has 0 aliphatic carbocycles. The highest BCUT2D eigenvalue weighted by Crippen LogP contribution is 2.41. The Morgan fingerprint density at radius 1 is 1.21 bits per heavy atom. The number of hydrogen-bond donors (Lipinski definition) is 1. The number of carbonyl (C=O) groups excluding carboxylic acids is 1. The van der Waals surface area contributed by atoms with Crippen LogP contribution >= 0.6 is 23.2 Å². The van der Waals surface area contributed by atoms with Gasteiger partial charge in [0.2, 0.25) is 0 Å². The van der Waals surface area contributed by atoms with Crippen molar-refractivity contribution in [3.8, 4) is 11.5 Å². The first-order chi connectivity index (χ1) is 9.06. The monoisotopic (exact) mass is 296 g/mol. The maximum atomic E-state index is 12.3. The molecule has 0 bridgehead atoms. The summed E-state index contributed by atoms with van der Waals surface area (Å²) in [5.41, 5.74) is 0.389. The number of phenols is 1. The van der Waals surface area contributed by atoms with Gasteiger partial charge in [-0.05, 0) is 0 Å². The number of methoxy groups -OCH3 is 1. The topological polar surface area (TPSA) is 46.5 Å². The lowest BCUT2D eigenvalue weighted by Gasteiger charge is -2.11. The molecule has 98 valence electrons. The molecule has 3 nitrogen and oxygen atoms in total. The molecular formula is C14H10Cl2O3. The molecule has 0 radical (unpaired) electrons. The molecule has 0 saturated heterocycles. The van der Waals surface area contributed by atoms with Crippen LogP contribution in [0, 0.1) is 0 Å². The first-order valence-corrected chi connectivity index (χ1v) is 6.16. The van der Waals surface area contributed by atoms with Gasteiger partial charge < -0.3 is 9.84 Å². The van der Waals surface area contributed by atoms with Crippen LogP contribution in [0.25, 0.3) is 0 Å². The number of aromatic hydroxyl groups is 1. The quantitative estimate of drug-likeness (QED) is 0.873. The number of halogens is 2. The molecule has 2 aromatic carbocycles. The van der Waals surface area contributed by atoms with Crippen molar-refractivity contribution in [2.45, 2.75) is 0 Å². The Bertz CT molecular complexity index is 624. The number of ether oxygens (including phenoxy) is 1. The average molecular weight is 297 g/mol. The van der Waals surface area contributed by atoms with Gasteiger partial charge in [-0.15, -0.1) is 0 Å². The normalized spacial score (nSPS) is 10.3. The molecule has 0 aliphatic rings. The van der Waals surface area contributed by atoms with Crippen molar-refractivity contribution >= 4 is 29.0 Å². The molecule has 0 aromatic heterocycles. The second-order valence-electron chi connectivity index (χ2n) is 3.79. The van der Waals surface area contributed by atoms with Crippen molar-refractivity contribution in [3.63, 3.8) is 0 Å². The smallest absolute Gasteiger partial charge is 0.198 e. The predicted octanol–water partition coefficient (Wildman–Crippen LogP) is 3.94. The third-order valence-electron chi connectivity index (χ3n) is 2.64. The van der Waals surface area contributed by atoms with Gasteiger partial charge in [-0.2, -0.15) is 0 Å². The van der Waals surface area contributed by atoms with Crippen molar-refractivity contribution in [2.24, 2.45) is 0 Å². The van der Waals surface area contributed by atoms with Gasteiger partial charge in [0.1, 0.15) is 10.8 Å². The second-order valence-corrected chi connectivity index (χ2v) is 4.58. The molecule has 0 spiro atoms. The number of hydrogen-bond acceptors (Lipinski definition) is 3. The molecule has 19 heavy (non-hydrogen) atoms. The second kappa shape index (κ2) is 5.51. The molecule has 0 unspecified atom stereocenters. The SMILES string of the molecule is COc1cc(Cl)c(C(=O)c2ccccc2)c(O)c1Cl. The molecule has 0 amide bonds. The summed E-state index contributed by atoms with van der Waals surface area (Å²) in [5, 5.41) is 10.1. The Kier molecular flexibility index (Phi) is 3.98. The van der Waals surface area contributed by atoms with Crippen LogP contribution in [-0.2, 0) is 0 Å². The molecule has 0 heterocycles. The third kappa shape index (κ3) is 2.53. The van der Waals surface area contributed by atoms with E-state index in [9.17, 15) is 9.90 Å². The largest absolute Gasteiger partial charge is 0.505 e. The van der Waals surface area contributed by atoms with E-state index in [1.54, 1.807) is 30.3 Å². The van der Waals surface area contributed by atoms with Crippen LogP contribution in [0.5, 0.6) is 11.5 Å². The minimum atomic E-state index is -0.396. The van der Waals surface area contributed by atoms with Crippen molar-refractivity contribution in [3.05, 3.63) is 57.6 Å². The number of carbonyl (C=O) groups is 1. The van der Waals surface area contributed by atoms with E-state index < -0.39 is 5.78 Å². The lowest BCUT2D eigenvalue weighted by Crippen LogP contribution is -2.03. The van der Waals surface area contributed by atoms with Gasteiger partial charge in [0, 0.05) is 11.6 Å². The van der Waals surface area contributed by atoms with Crippen LogP contribution in [0.3, 0.4) is 0 Å². The summed E-state index contributed by atoms with van der Waals surface area (Å²) in [7, 11) is 1.40. The zero-order valence-electron chi connectivity index (χ0n) is 9.98. The summed E-state index contributed by atoms with van der Waals surface area (Å²) in [5.74, 6) is -0.554. The fourth-order valence-corrected chi connectivity index (χ4v) is 2.19. The lowest BCUT2D eigenvalue weighted by atomic mass is 10.0. The van der Waals surface area contributed by atoms with Crippen LogP contribution in [0.15, 0.2) is 36.4 Å². The van der Waals surface area contributed by atoms with Crippen molar-refractivity contribution in [1.29, 1.82) is 0 Å². The molecule has 0 fully saturated rings. The molecule has 0 atom stereocenters. The van der Waals surface area contributed by atoms with E-state index >= 15 is 0 Å². The molecule has 1 N–H and O–H groups in total. The van der Waals surface area contributed by atoms with E-state index in [1.165, 1.54) is 13.2 Å². The molecule has 0 saturated carbocycles. The van der Waals surface area contributed by atoms with E-state index in [4.69, 9.17) is 27.9 Å². The minimum absolute atomic E-state index is 0.0290. The maximum Gasteiger partial charge on any atom is 0.198 e. The van der Waals surface area contributed by atoms with Crippen LogP contribution in [-0.4, -0.2) is 18.0 Å². The molecule has 2 aromatic rings. The van der Waals surface area contributed by atoms with Gasteiger partial charge in [-0.1, -0.05) is 53.5 Å². The first-order valence-electron chi connectivity index (χ1n) is 5.41. The third-order valence-corrected chi connectivity index (χ3v) is 3.30. The summed E-state index contributed by atoms with van der Waals surface area (Å²) in [6.45, 7) is 0. The number of ketones is 1. The van der Waals surface area contributed by atoms with Gasteiger partial charge in [0.25, 0.3) is 0 Å². The highest BCUT2D eigenvalue weighted by Gasteiger charge is 2.22. The lowest BCUT2D eigenvalue weighted by molar-refractivity contribution is 0.103. The molecular weight excluding hydrogens is 287 g/mol. The van der Waals surface area contributed by atoms with Crippen molar-refractivity contribution in [2.75, 3.05) is 7.11 Å². The molecule has 0 aliphatic heterocycles. The van der Waals surface area contributed by atoms with Crippen LogP contribution < -0.4 is 4.74 Å². The Balaban J connectivity index is 2.58. The van der Waals surface area contributed by atoms with Gasteiger partial charge in [-0.3, -0.25) is 4.79 Å². The first kappa shape index (κ1) is 13.7. The number of phenolic OH excluding ortho intramolecular Hbond substituents is 1. The maximum absolute atomic E-state index is 12.3. The Labute approximate surface area is 120 Å². The van der Waals surface area contributed by atoms with Crippen LogP contribution in [0.4, 0.5) is 0 Å². The highest BCUT2D eigenvalue weighted by atomic mass is 35.5. The van der Waals surface area contributed by atoms with Crippen molar-refractivity contribution < 1.29 is 14.6 Å². The van der Waals surface area contributed by atoms with Crippen molar-refractivity contribution in [1.82, 2.24) is 0 Å². The fourth-order valence-electron chi connectivity index (χ4n) is 1.69. The summed E-state index contributed by atoms with van der Waals surface area (Å²) < 4.78 is 4.96.